The van der Waals surface area contributed by atoms with Crippen LogP contribution < -0.4 is 0 Å². The van der Waals surface area contributed by atoms with E-state index in [0.717, 1.165) is 12.8 Å². The fraction of sp³-hybridized carbons (Fsp3) is 0.833. The number of hydrogen-bond acceptors (Lipinski definition) is 1. The molecule has 2 saturated carbocycles. The Morgan fingerprint density at radius 3 is 2.38 bits per heavy atom. The third-order valence-electron chi connectivity index (χ3n) is 4.73. The summed E-state index contributed by atoms with van der Waals surface area (Å²) in [5, 5.41) is 9.73. The maximum atomic E-state index is 9.73. The first-order valence-electron chi connectivity index (χ1n) is 5.65. The highest BCUT2D eigenvalue weighted by atomic mass is 16.3. The predicted octanol–water partition coefficient (Wildman–Crippen LogP) is 2.65. The first-order chi connectivity index (χ1) is 6.27. The first-order valence-corrected chi connectivity index (χ1v) is 5.65. The van der Waals surface area contributed by atoms with E-state index in [4.69, 9.17) is 0 Å². The van der Waals surface area contributed by atoms with E-state index < -0.39 is 0 Å². The lowest BCUT2D eigenvalue weighted by Gasteiger charge is -2.61. The third kappa shape index (κ3) is 0.864. The van der Waals surface area contributed by atoms with E-state index in [1.807, 2.05) is 0 Å². The van der Waals surface area contributed by atoms with Crippen LogP contribution in [0.2, 0.25) is 0 Å². The van der Waals surface area contributed by atoms with Gasteiger partial charge in [-0.3, -0.25) is 0 Å². The summed E-state index contributed by atoms with van der Waals surface area (Å²) in [6, 6.07) is 0. The first kappa shape index (κ1) is 8.05. The van der Waals surface area contributed by atoms with E-state index in [1.54, 1.807) is 0 Å². The van der Waals surface area contributed by atoms with Gasteiger partial charge >= 0.3 is 0 Å². The number of aliphatic hydroxyl groups excluding tert-OH is 1. The highest BCUT2D eigenvalue weighted by molar-refractivity contribution is 5.29. The van der Waals surface area contributed by atoms with Crippen molar-refractivity contribution in [3.8, 4) is 0 Å². The summed E-state index contributed by atoms with van der Waals surface area (Å²) in [6.07, 6.45) is 13.6. The lowest BCUT2D eigenvalue weighted by molar-refractivity contribution is -0.0594. The predicted molar refractivity (Wildman–Crippen MR) is 52.3 cm³/mol. The van der Waals surface area contributed by atoms with Gasteiger partial charge in [0.1, 0.15) is 0 Å². The molecule has 1 N–H and O–H groups in total. The lowest BCUT2D eigenvalue weighted by Crippen LogP contribution is -2.53. The third-order valence-corrected chi connectivity index (χ3v) is 4.73. The molecule has 0 radical (unpaired) electrons. The van der Waals surface area contributed by atoms with Crippen LogP contribution in [0.25, 0.3) is 0 Å². The molecule has 3 aliphatic carbocycles. The van der Waals surface area contributed by atoms with Gasteiger partial charge in [0.15, 0.2) is 0 Å². The molecule has 0 heterocycles. The van der Waals surface area contributed by atoms with Crippen molar-refractivity contribution in [2.45, 2.75) is 51.0 Å². The van der Waals surface area contributed by atoms with E-state index in [-0.39, 0.29) is 6.10 Å². The Hall–Kier alpha value is -0.300. The van der Waals surface area contributed by atoms with Gasteiger partial charge in [-0.25, -0.2) is 0 Å². The molecule has 0 aromatic heterocycles. The Bertz CT molecular complexity index is 258. The van der Waals surface area contributed by atoms with Crippen LogP contribution in [0, 0.1) is 10.8 Å². The second-order valence-corrected chi connectivity index (χ2v) is 5.25. The van der Waals surface area contributed by atoms with Crippen molar-refractivity contribution in [2.24, 2.45) is 10.8 Å². The second-order valence-electron chi connectivity index (χ2n) is 5.25. The standard InChI is InChI=1S/C12H18O/c13-10-3-6-11-4-1-2-5-12(11,9-10)8-7-11/h7-8,10,13H,1-6,9H2/t10-,11+,12+/m1/s1. The SMILES string of the molecule is O[C@@H]1CC[C@@]23C=C[C@@]2(CCCC3)C1. The Balaban J connectivity index is 1.95. The van der Waals surface area contributed by atoms with Crippen LogP contribution in [0.15, 0.2) is 12.2 Å². The van der Waals surface area contributed by atoms with Gasteiger partial charge < -0.3 is 5.11 Å². The van der Waals surface area contributed by atoms with Gasteiger partial charge in [0.25, 0.3) is 0 Å². The van der Waals surface area contributed by atoms with Crippen LogP contribution >= 0.6 is 0 Å². The molecule has 0 aromatic rings. The van der Waals surface area contributed by atoms with Crippen molar-refractivity contribution >= 4 is 0 Å². The van der Waals surface area contributed by atoms with E-state index >= 15 is 0 Å². The fourth-order valence-electron chi connectivity index (χ4n) is 3.88. The van der Waals surface area contributed by atoms with Gasteiger partial charge in [-0.1, -0.05) is 25.0 Å². The molecule has 1 nitrogen and oxygen atoms in total. The molecule has 0 unspecified atom stereocenters. The lowest BCUT2D eigenvalue weighted by atomic mass is 9.44. The fourth-order valence-corrected chi connectivity index (χ4v) is 3.88. The molecule has 0 amide bonds. The number of allylic oxidation sites excluding steroid dienone is 2. The molecule has 3 aliphatic rings. The molecule has 0 spiro atoms. The van der Waals surface area contributed by atoms with Crippen LogP contribution in [0.5, 0.6) is 0 Å². The van der Waals surface area contributed by atoms with Crippen LogP contribution in [0.4, 0.5) is 0 Å². The normalized spacial score (nSPS) is 53.5. The van der Waals surface area contributed by atoms with Crippen molar-refractivity contribution < 1.29 is 5.11 Å². The highest BCUT2D eigenvalue weighted by Crippen LogP contribution is 2.65. The summed E-state index contributed by atoms with van der Waals surface area (Å²) in [4.78, 5) is 0. The van der Waals surface area contributed by atoms with Crippen molar-refractivity contribution in [3.05, 3.63) is 12.2 Å². The number of hydrogen-bond donors (Lipinski definition) is 1. The van der Waals surface area contributed by atoms with Gasteiger partial charge in [-0.2, -0.15) is 0 Å². The minimum Gasteiger partial charge on any atom is -0.393 e. The molecule has 0 aromatic carbocycles. The average Bonchev–Trinajstić information content (AvgIpc) is 2.11. The van der Waals surface area contributed by atoms with Crippen molar-refractivity contribution in [1.82, 2.24) is 0 Å². The molecule has 0 aliphatic heterocycles. The summed E-state index contributed by atoms with van der Waals surface area (Å²) < 4.78 is 0. The van der Waals surface area contributed by atoms with E-state index in [0.29, 0.717) is 10.8 Å². The maximum absolute atomic E-state index is 9.73. The summed E-state index contributed by atoms with van der Waals surface area (Å²) >= 11 is 0. The van der Waals surface area contributed by atoms with Gasteiger partial charge in [0, 0.05) is 0 Å². The molecule has 2 fully saturated rings. The summed E-state index contributed by atoms with van der Waals surface area (Å²) in [5.74, 6) is 0. The Morgan fingerprint density at radius 1 is 1.00 bits per heavy atom. The Labute approximate surface area is 79.8 Å². The van der Waals surface area contributed by atoms with E-state index in [9.17, 15) is 5.11 Å². The van der Waals surface area contributed by atoms with Gasteiger partial charge in [-0.15, -0.1) is 0 Å². The molecule has 1 heteroatoms. The van der Waals surface area contributed by atoms with Gasteiger partial charge in [-0.05, 0) is 42.9 Å². The zero-order valence-corrected chi connectivity index (χ0v) is 8.13. The number of rotatable bonds is 0. The molecule has 3 rings (SSSR count). The second kappa shape index (κ2) is 2.38. The zero-order valence-electron chi connectivity index (χ0n) is 8.13. The minimum atomic E-state index is -0.0174. The largest absolute Gasteiger partial charge is 0.393 e. The molecule has 72 valence electrons. The zero-order chi connectivity index (χ0) is 8.94. The van der Waals surface area contributed by atoms with Crippen molar-refractivity contribution in [3.63, 3.8) is 0 Å². The molecule has 3 atom stereocenters. The maximum Gasteiger partial charge on any atom is 0.0549 e. The van der Waals surface area contributed by atoms with Crippen molar-refractivity contribution in [1.29, 1.82) is 0 Å². The van der Waals surface area contributed by atoms with Gasteiger partial charge in [0.05, 0.1) is 6.10 Å². The molecule has 13 heavy (non-hydrogen) atoms. The van der Waals surface area contributed by atoms with E-state index in [2.05, 4.69) is 12.2 Å². The topological polar surface area (TPSA) is 20.2 Å². The van der Waals surface area contributed by atoms with Gasteiger partial charge in [0.2, 0.25) is 0 Å². The van der Waals surface area contributed by atoms with Crippen LogP contribution in [0.1, 0.15) is 44.9 Å². The molecular weight excluding hydrogens is 160 g/mol. The molecule has 0 bridgehead atoms. The quantitative estimate of drug-likeness (QED) is 0.565. The summed E-state index contributed by atoms with van der Waals surface area (Å²) in [6.45, 7) is 0. The smallest absolute Gasteiger partial charge is 0.0549 e. The van der Waals surface area contributed by atoms with Crippen LogP contribution in [-0.2, 0) is 0 Å². The highest BCUT2D eigenvalue weighted by Gasteiger charge is 2.57. The van der Waals surface area contributed by atoms with Crippen LogP contribution in [0.3, 0.4) is 0 Å². The molecule has 0 saturated heterocycles. The summed E-state index contributed by atoms with van der Waals surface area (Å²) in [5.41, 5.74) is 0.966. The van der Waals surface area contributed by atoms with E-state index in [1.165, 1.54) is 32.1 Å². The summed E-state index contributed by atoms with van der Waals surface area (Å²) in [7, 11) is 0. The number of aliphatic hydroxyl groups is 1. The Kier molecular flexibility index (Phi) is 1.48. The monoisotopic (exact) mass is 178 g/mol. The average molecular weight is 178 g/mol. The Morgan fingerprint density at radius 2 is 1.69 bits per heavy atom. The van der Waals surface area contributed by atoms with Crippen molar-refractivity contribution in [2.75, 3.05) is 0 Å². The van der Waals surface area contributed by atoms with Crippen LogP contribution in [-0.4, -0.2) is 11.2 Å². The molecular formula is C12H18O. The minimum absolute atomic E-state index is 0.0174.